The van der Waals surface area contributed by atoms with Crippen LogP contribution < -0.4 is 11.1 Å². The normalized spacial score (nSPS) is 25.5. The number of carboxylic acid groups (broad SMARTS) is 1. The zero-order chi connectivity index (χ0) is 12.9. The van der Waals surface area contributed by atoms with Gasteiger partial charge in [0.1, 0.15) is 0 Å². The van der Waals surface area contributed by atoms with E-state index in [4.69, 9.17) is 15.6 Å². The molecule has 17 heavy (non-hydrogen) atoms. The number of rotatable bonds is 6. The zero-order valence-electron chi connectivity index (χ0n) is 10.1. The van der Waals surface area contributed by atoms with E-state index in [0.717, 1.165) is 6.42 Å². The van der Waals surface area contributed by atoms with E-state index in [1.54, 1.807) is 0 Å². The van der Waals surface area contributed by atoms with Crippen molar-refractivity contribution in [3.8, 4) is 0 Å². The van der Waals surface area contributed by atoms with Crippen LogP contribution in [0.2, 0.25) is 0 Å². The number of nitrogens with one attached hydrogen (secondary N) is 1. The molecule has 0 bridgehead atoms. The van der Waals surface area contributed by atoms with Gasteiger partial charge in [-0.3, -0.25) is 4.79 Å². The monoisotopic (exact) mass is 244 g/mol. The molecule has 0 spiro atoms. The van der Waals surface area contributed by atoms with Crippen molar-refractivity contribution in [2.75, 3.05) is 13.2 Å². The highest BCUT2D eigenvalue weighted by atomic mass is 16.5. The lowest BCUT2D eigenvalue weighted by Crippen LogP contribution is -2.55. The Morgan fingerprint density at radius 3 is 2.76 bits per heavy atom. The largest absolute Gasteiger partial charge is 0.479 e. The van der Waals surface area contributed by atoms with Gasteiger partial charge in [0.2, 0.25) is 5.91 Å². The van der Waals surface area contributed by atoms with Crippen LogP contribution in [0.3, 0.4) is 0 Å². The van der Waals surface area contributed by atoms with Crippen molar-refractivity contribution < 1.29 is 19.4 Å². The molecule has 1 fully saturated rings. The average Bonchev–Trinajstić information content (AvgIpc) is 2.66. The summed E-state index contributed by atoms with van der Waals surface area (Å²) in [7, 11) is 0. The fourth-order valence-corrected chi connectivity index (χ4v) is 1.80. The summed E-state index contributed by atoms with van der Waals surface area (Å²) >= 11 is 0. The average molecular weight is 244 g/mol. The number of aliphatic carboxylic acids is 1. The minimum atomic E-state index is -1.23. The summed E-state index contributed by atoms with van der Waals surface area (Å²) in [6, 6.07) is 0.0612. The van der Waals surface area contributed by atoms with Crippen LogP contribution in [0.4, 0.5) is 0 Å². The number of carboxylic acids is 1. The van der Waals surface area contributed by atoms with Crippen LogP contribution in [0.25, 0.3) is 0 Å². The van der Waals surface area contributed by atoms with Crippen LogP contribution in [0.5, 0.6) is 0 Å². The quantitative estimate of drug-likeness (QED) is 0.604. The molecule has 0 aromatic rings. The fourth-order valence-electron chi connectivity index (χ4n) is 1.80. The predicted octanol–water partition coefficient (Wildman–Crippen LogP) is -0.136. The third kappa shape index (κ3) is 3.98. The molecule has 98 valence electrons. The Hall–Kier alpha value is -1.14. The second-order valence-electron chi connectivity index (χ2n) is 4.61. The molecular formula is C11H20N2O4. The molecule has 0 aromatic heterocycles. The van der Waals surface area contributed by atoms with Crippen molar-refractivity contribution in [1.29, 1.82) is 0 Å². The summed E-state index contributed by atoms with van der Waals surface area (Å²) in [6.07, 6.45) is 2.04. The van der Waals surface area contributed by atoms with E-state index in [0.29, 0.717) is 25.9 Å². The van der Waals surface area contributed by atoms with Gasteiger partial charge in [0.05, 0.1) is 6.61 Å². The molecule has 0 saturated carbocycles. The molecule has 2 atom stereocenters. The highest BCUT2D eigenvalue weighted by molar-refractivity contribution is 5.87. The van der Waals surface area contributed by atoms with Crippen LogP contribution >= 0.6 is 0 Å². The standard InChI is InChI=1S/C11H20N2O4/c1-8(12)3-2-4-9(14)13-11(10(15)16)5-6-17-7-11/h8H,2-7,12H2,1H3,(H,13,14)(H,15,16). The van der Waals surface area contributed by atoms with Crippen LogP contribution in [-0.4, -0.2) is 41.8 Å². The second kappa shape index (κ2) is 5.97. The van der Waals surface area contributed by atoms with Crippen molar-refractivity contribution in [3.05, 3.63) is 0 Å². The lowest BCUT2D eigenvalue weighted by molar-refractivity contribution is -0.147. The van der Waals surface area contributed by atoms with Gasteiger partial charge in [-0.15, -0.1) is 0 Å². The van der Waals surface area contributed by atoms with Crippen LogP contribution in [-0.2, 0) is 14.3 Å². The minimum absolute atomic E-state index is 0.0430. The fraction of sp³-hybridized carbons (Fsp3) is 0.818. The lowest BCUT2D eigenvalue weighted by atomic mass is 9.98. The Morgan fingerprint density at radius 1 is 1.59 bits per heavy atom. The highest BCUT2D eigenvalue weighted by Crippen LogP contribution is 2.19. The minimum Gasteiger partial charge on any atom is -0.479 e. The molecule has 0 radical (unpaired) electrons. The molecule has 1 aliphatic heterocycles. The van der Waals surface area contributed by atoms with Gasteiger partial charge >= 0.3 is 5.97 Å². The van der Waals surface area contributed by atoms with Crippen molar-refractivity contribution in [1.82, 2.24) is 5.32 Å². The summed E-state index contributed by atoms with van der Waals surface area (Å²) < 4.78 is 5.05. The molecule has 6 nitrogen and oxygen atoms in total. The van der Waals surface area contributed by atoms with Crippen LogP contribution in [0, 0.1) is 0 Å². The van der Waals surface area contributed by atoms with Gasteiger partial charge in [-0.2, -0.15) is 0 Å². The Balaban J connectivity index is 2.40. The summed E-state index contributed by atoms with van der Waals surface area (Å²) in [5.41, 5.74) is 4.34. The van der Waals surface area contributed by atoms with E-state index in [9.17, 15) is 9.59 Å². The number of nitrogens with two attached hydrogens (primary N) is 1. The van der Waals surface area contributed by atoms with E-state index in [2.05, 4.69) is 5.32 Å². The third-order valence-corrected chi connectivity index (χ3v) is 2.87. The topological polar surface area (TPSA) is 102 Å². The molecule has 0 aromatic carbocycles. The Kier molecular flexibility index (Phi) is 4.89. The number of carbonyl (C=O) groups excluding carboxylic acids is 1. The second-order valence-corrected chi connectivity index (χ2v) is 4.61. The molecule has 1 saturated heterocycles. The van der Waals surface area contributed by atoms with Crippen molar-refractivity contribution >= 4 is 11.9 Å². The van der Waals surface area contributed by atoms with Gasteiger partial charge in [0.25, 0.3) is 0 Å². The Labute approximate surface area is 101 Å². The number of hydrogen-bond acceptors (Lipinski definition) is 4. The maximum absolute atomic E-state index is 11.6. The van der Waals surface area contributed by atoms with Crippen LogP contribution in [0.15, 0.2) is 0 Å². The summed E-state index contributed by atoms with van der Waals surface area (Å²) in [6.45, 7) is 2.29. The third-order valence-electron chi connectivity index (χ3n) is 2.87. The number of ether oxygens (including phenoxy) is 1. The first-order valence-corrected chi connectivity index (χ1v) is 5.84. The van der Waals surface area contributed by atoms with E-state index in [1.165, 1.54) is 0 Å². The first kappa shape index (κ1) is 13.9. The highest BCUT2D eigenvalue weighted by Gasteiger charge is 2.43. The Bertz CT molecular complexity index is 285. The molecule has 1 amide bonds. The first-order chi connectivity index (χ1) is 7.96. The number of amides is 1. The van der Waals surface area contributed by atoms with E-state index in [1.807, 2.05) is 6.92 Å². The molecule has 6 heteroatoms. The van der Waals surface area contributed by atoms with E-state index < -0.39 is 11.5 Å². The van der Waals surface area contributed by atoms with Gasteiger partial charge in [-0.05, 0) is 19.8 Å². The predicted molar refractivity (Wildman–Crippen MR) is 61.4 cm³/mol. The van der Waals surface area contributed by atoms with E-state index in [-0.39, 0.29) is 18.6 Å². The number of carbonyl (C=O) groups is 2. The molecule has 1 rings (SSSR count). The molecule has 4 N–H and O–H groups in total. The van der Waals surface area contributed by atoms with Crippen molar-refractivity contribution in [3.63, 3.8) is 0 Å². The smallest absolute Gasteiger partial charge is 0.331 e. The van der Waals surface area contributed by atoms with E-state index >= 15 is 0 Å². The molecule has 0 aliphatic carbocycles. The maximum Gasteiger partial charge on any atom is 0.331 e. The van der Waals surface area contributed by atoms with Crippen molar-refractivity contribution in [2.24, 2.45) is 5.73 Å². The SMILES string of the molecule is CC(N)CCCC(=O)NC1(C(=O)O)CCOC1. The van der Waals surface area contributed by atoms with Crippen molar-refractivity contribution in [2.45, 2.75) is 44.2 Å². The molecular weight excluding hydrogens is 224 g/mol. The maximum atomic E-state index is 11.6. The van der Waals surface area contributed by atoms with Gasteiger partial charge in [-0.1, -0.05) is 0 Å². The van der Waals surface area contributed by atoms with Crippen LogP contribution in [0.1, 0.15) is 32.6 Å². The van der Waals surface area contributed by atoms with Gasteiger partial charge in [0, 0.05) is 25.5 Å². The summed E-state index contributed by atoms with van der Waals surface area (Å²) in [4.78, 5) is 22.7. The summed E-state index contributed by atoms with van der Waals surface area (Å²) in [5.74, 6) is -1.28. The molecule has 2 unspecified atom stereocenters. The molecule has 1 heterocycles. The Morgan fingerprint density at radius 2 is 2.29 bits per heavy atom. The number of hydrogen-bond donors (Lipinski definition) is 3. The zero-order valence-corrected chi connectivity index (χ0v) is 10.1. The van der Waals surface area contributed by atoms with Gasteiger partial charge in [-0.25, -0.2) is 4.79 Å². The van der Waals surface area contributed by atoms with Gasteiger partial charge in [0.15, 0.2) is 5.54 Å². The van der Waals surface area contributed by atoms with Gasteiger partial charge < -0.3 is 20.9 Å². The first-order valence-electron chi connectivity index (χ1n) is 5.84. The molecule has 1 aliphatic rings. The lowest BCUT2D eigenvalue weighted by Gasteiger charge is -2.23. The summed E-state index contributed by atoms with van der Waals surface area (Å²) in [5, 5.41) is 11.7.